The maximum atomic E-state index is 13.0. The topological polar surface area (TPSA) is 62.3 Å². The summed E-state index contributed by atoms with van der Waals surface area (Å²) in [5.74, 6) is 0. The molecule has 2 aromatic rings. The summed E-state index contributed by atoms with van der Waals surface area (Å²) in [5, 5.41) is 3.91. The molecule has 112 valence electrons. The van der Waals surface area contributed by atoms with Gasteiger partial charge in [-0.1, -0.05) is 6.07 Å². The molecule has 5 nitrogen and oxygen atoms in total. The molecule has 1 fully saturated rings. The van der Waals surface area contributed by atoms with Gasteiger partial charge in [-0.3, -0.25) is 4.98 Å². The second-order valence-corrected chi connectivity index (χ2v) is 7.31. The van der Waals surface area contributed by atoms with Crippen LogP contribution in [0.5, 0.6) is 0 Å². The van der Waals surface area contributed by atoms with Gasteiger partial charge in [0, 0.05) is 37.3 Å². The number of aryl methyl sites for hydroxylation is 1. The average molecular weight is 305 g/mol. The third-order valence-electron chi connectivity index (χ3n) is 3.96. The molecule has 2 heterocycles. The standard InChI is InChI=1S/C15H19N3O2S/c1-11-5-6-14(13-4-3-7-17-15(11)13)21(19,20)18-9-8-16-10-12(18)2/h3-7,12,16H,8-10H2,1-2H3/t12-/m0/s1. The molecular formula is C15H19N3O2S. The number of nitrogens with one attached hydrogen (secondary N) is 1. The molecule has 21 heavy (non-hydrogen) atoms. The Hall–Kier alpha value is -1.50. The molecular weight excluding hydrogens is 286 g/mol. The molecule has 3 rings (SSSR count). The van der Waals surface area contributed by atoms with Gasteiger partial charge in [0.2, 0.25) is 10.0 Å². The summed E-state index contributed by atoms with van der Waals surface area (Å²) < 4.78 is 27.6. The predicted molar refractivity (Wildman–Crippen MR) is 82.7 cm³/mol. The van der Waals surface area contributed by atoms with Gasteiger partial charge in [-0.05, 0) is 37.6 Å². The number of piperazine rings is 1. The zero-order chi connectivity index (χ0) is 15.0. The minimum atomic E-state index is -3.50. The Bertz CT molecular complexity index is 774. The van der Waals surface area contributed by atoms with E-state index in [-0.39, 0.29) is 6.04 Å². The largest absolute Gasteiger partial charge is 0.314 e. The van der Waals surface area contributed by atoms with E-state index in [2.05, 4.69) is 10.3 Å². The van der Waals surface area contributed by atoms with E-state index >= 15 is 0 Å². The van der Waals surface area contributed by atoms with Gasteiger partial charge in [-0.15, -0.1) is 0 Å². The van der Waals surface area contributed by atoms with Crippen molar-refractivity contribution in [3.63, 3.8) is 0 Å². The maximum Gasteiger partial charge on any atom is 0.244 e. The summed E-state index contributed by atoms with van der Waals surface area (Å²) in [5.41, 5.74) is 1.74. The molecule has 0 saturated carbocycles. The molecule has 0 unspecified atom stereocenters. The van der Waals surface area contributed by atoms with Crippen LogP contribution in [0.15, 0.2) is 35.4 Å². The van der Waals surface area contributed by atoms with Crippen molar-refractivity contribution in [2.45, 2.75) is 24.8 Å². The Morgan fingerprint density at radius 2 is 2.14 bits per heavy atom. The van der Waals surface area contributed by atoms with Crippen LogP contribution in [0.1, 0.15) is 12.5 Å². The van der Waals surface area contributed by atoms with Crippen LogP contribution in [0.2, 0.25) is 0 Å². The molecule has 1 atom stereocenters. The number of benzene rings is 1. The SMILES string of the molecule is Cc1ccc(S(=O)(=O)N2CCNC[C@@H]2C)c2cccnc12. The summed E-state index contributed by atoms with van der Waals surface area (Å²) in [6.45, 7) is 5.74. The fraction of sp³-hybridized carbons (Fsp3) is 0.400. The monoisotopic (exact) mass is 305 g/mol. The summed E-state index contributed by atoms with van der Waals surface area (Å²) in [4.78, 5) is 4.68. The molecule has 1 aliphatic rings. The second-order valence-electron chi connectivity index (χ2n) is 5.45. The van der Waals surface area contributed by atoms with E-state index in [0.717, 1.165) is 11.1 Å². The lowest BCUT2D eigenvalue weighted by atomic mass is 10.1. The summed E-state index contributed by atoms with van der Waals surface area (Å²) in [6.07, 6.45) is 1.69. The number of pyridine rings is 1. The highest BCUT2D eigenvalue weighted by Gasteiger charge is 2.32. The Kier molecular flexibility index (Phi) is 3.69. The van der Waals surface area contributed by atoms with Gasteiger partial charge in [-0.25, -0.2) is 8.42 Å². The minimum absolute atomic E-state index is 0.0447. The first-order valence-corrected chi connectivity index (χ1v) is 8.53. The van der Waals surface area contributed by atoms with E-state index in [1.165, 1.54) is 0 Å². The Morgan fingerprint density at radius 1 is 1.33 bits per heavy atom. The van der Waals surface area contributed by atoms with E-state index in [0.29, 0.717) is 29.9 Å². The number of fused-ring (bicyclic) bond motifs is 1. The van der Waals surface area contributed by atoms with Gasteiger partial charge in [0.05, 0.1) is 10.4 Å². The third-order valence-corrected chi connectivity index (χ3v) is 6.03. The van der Waals surface area contributed by atoms with Crippen molar-refractivity contribution in [1.29, 1.82) is 0 Å². The smallest absolute Gasteiger partial charge is 0.244 e. The van der Waals surface area contributed by atoms with Gasteiger partial charge >= 0.3 is 0 Å². The van der Waals surface area contributed by atoms with Crippen LogP contribution in [-0.2, 0) is 10.0 Å². The Balaban J connectivity index is 2.17. The van der Waals surface area contributed by atoms with Crippen LogP contribution in [0.3, 0.4) is 0 Å². The lowest BCUT2D eigenvalue weighted by molar-refractivity contribution is 0.284. The molecule has 0 radical (unpaired) electrons. The van der Waals surface area contributed by atoms with Crippen LogP contribution in [0, 0.1) is 6.92 Å². The predicted octanol–water partition coefficient (Wildman–Crippen LogP) is 1.53. The van der Waals surface area contributed by atoms with E-state index < -0.39 is 10.0 Å². The zero-order valence-corrected chi connectivity index (χ0v) is 13.0. The quantitative estimate of drug-likeness (QED) is 0.914. The lowest BCUT2D eigenvalue weighted by Crippen LogP contribution is -2.52. The number of hydrogen-bond donors (Lipinski definition) is 1. The minimum Gasteiger partial charge on any atom is -0.314 e. The first kappa shape index (κ1) is 14.4. The van der Waals surface area contributed by atoms with E-state index in [4.69, 9.17) is 0 Å². The maximum absolute atomic E-state index is 13.0. The van der Waals surface area contributed by atoms with Crippen LogP contribution >= 0.6 is 0 Å². The van der Waals surface area contributed by atoms with Gasteiger partial charge in [0.25, 0.3) is 0 Å². The highest BCUT2D eigenvalue weighted by molar-refractivity contribution is 7.89. The van der Waals surface area contributed by atoms with Crippen molar-refractivity contribution in [3.05, 3.63) is 36.0 Å². The highest BCUT2D eigenvalue weighted by Crippen LogP contribution is 2.28. The van der Waals surface area contributed by atoms with Crippen molar-refractivity contribution in [3.8, 4) is 0 Å². The summed E-state index contributed by atoms with van der Waals surface area (Å²) >= 11 is 0. The number of nitrogens with zero attached hydrogens (tertiary/aromatic N) is 2. The molecule has 6 heteroatoms. The third kappa shape index (κ3) is 2.43. The number of aromatic nitrogens is 1. The molecule has 0 spiro atoms. The molecule has 1 aromatic heterocycles. The lowest BCUT2D eigenvalue weighted by Gasteiger charge is -2.33. The first-order chi connectivity index (χ1) is 10.0. The Morgan fingerprint density at radius 3 is 2.90 bits per heavy atom. The molecule has 1 aromatic carbocycles. The van der Waals surface area contributed by atoms with Gasteiger partial charge in [0.1, 0.15) is 0 Å². The second kappa shape index (κ2) is 5.36. The van der Waals surface area contributed by atoms with Crippen molar-refractivity contribution >= 4 is 20.9 Å². The molecule has 0 bridgehead atoms. The van der Waals surface area contributed by atoms with Crippen molar-refractivity contribution < 1.29 is 8.42 Å². The van der Waals surface area contributed by atoms with Gasteiger partial charge in [0.15, 0.2) is 0 Å². The van der Waals surface area contributed by atoms with Crippen LogP contribution < -0.4 is 5.32 Å². The molecule has 1 saturated heterocycles. The fourth-order valence-electron chi connectivity index (χ4n) is 2.82. The van der Waals surface area contributed by atoms with E-state index in [1.54, 1.807) is 22.6 Å². The van der Waals surface area contributed by atoms with Crippen LogP contribution in [0.4, 0.5) is 0 Å². The molecule has 1 aliphatic heterocycles. The summed E-state index contributed by atoms with van der Waals surface area (Å²) in [6, 6.07) is 7.09. The first-order valence-electron chi connectivity index (χ1n) is 7.08. The van der Waals surface area contributed by atoms with Gasteiger partial charge < -0.3 is 5.32 Å². The van der Waals surface area contributed by atoms with Crippen LogP contribution in [-0.4, -0.2) is 43.4 Å². The number of hydrogen-bond acceptors (Lipinski definition) is 4. The number of rotatable bonds is 2. The normalized spacial score (nSPS) is 20.8. The average Bonchev–Trinajstić information content (AvgIpc) is 2.48. The van der Waals surface area contributed by atoms with Crippen molar-refractivity contribution in [1.82, 2.24) is 14.6 Å². The van der Waals surface area contributed by atoms with Crippen molar-refractivity contribution in [2.24, 2.45) is 0 Å². The zero-order valence-electron chi connectivity index (χ0n) is 12.2. The van der Waals surface area contributed by atoms with E-state index in [1.807, 2.05) is 26.0 Å². The highest BCUT2D eigenvalue weighted by atomic mass is 32.2. The summed E-state index contributed by atoms with van der Waals surface area (Å²) in [7, 11) is -3.50. The van der Waals surface area contributed by atoms with Crippen molar-refractivity contribution in [2.75, 3.05) is 19.6 Å². The molecule has 0 amide bonds. The van der Waals surface area contributed by atoms with E-state index in [9.17, 15) is 8.42 Å². The molecule has 0 aliphatic carbocycles. The fourth-order valence-corrected chi connectivity index (χ4v) is 4.63. The van der Waals surface area contributed by atoms with Gasteiger partial charge in [-0.2, -0.15) is 4.31 Å². The number of sulfonamides is 1. The molecule has 1 N–H and O–H groups in total. The Labute approximate surface area is 125 Å². The van der Waals surface area contributed by atoms with Crippen LogP contribution in [0.25, 0.3) is 10.9 Å².